The monoisotopic (exact) mass is 387 g/mol. The van der Waals surface area contributed by atoms with Gasteiger partial charge in [0.1, 0.15) is 16.9 Å². The molecule has 1 saturated heterocycles. The molecule has 3 aromatic heterocycles. The van der Waals surface area contributed by atoms with Crippen LogP contribution in [-0.2, 0) is 6.54 Å². The van der Waals surface area contributed by atoms with Crippen molar-refractivity contribution in [2.45, 2.75) is 25.3 Å². The molecule has 8 nitrogen and oxygen atoms in total. The van der Waals surface area contributed by atoms with E-state index in [1.54, 1.807) is 6.07 Å². The van der Waals surface area contributed by atoms with E-state index in [1.807, 2.05) is 53.8 Å². The van der Waals surface area contributed by atoms with Crippen LogP contribution in [0.1, 0.15) is 40.6 Å². The molecule has 0 saturated carbocycles. The van der Waals surface area contributed by atoms with Gasteiger partial charge in [0.15, 0.2) is 0 Å². The number of H-pyrrole nitrogens is 1. The van der Waals surface area contributed by atoms with E-state index in [9.17, 15) is 4.79 Å². The number of likely N-dealkylation sites (tertiary alicyclic amines) is 1. The van der Waals surface area contributed by atoms with Crippen LogP contribution >= 0.6 is 0 Å². The van der Waals surface area contributed by atoms with Crippen LogP contribution in [-0.4, -0.2) is 53.8 Å². The van der Waals surface area contributed by atoms with Crippen LogP contribution in [0.15, 0.2) is 55.0 Å². The SMILES string of the molecule is O=C(c1ccc2n[nH]nc2c1)N1CCC(c2nccn2Cc2ccccn2)CC1. The van der Waals surface area contributed by atoms with E-state index in [1.165, 1.54) is 0 Å². The second-order valence-electron chi connectivity index (χ2n) is 7.33. The van der Waals surface area contributed by atoms with Gasteiger partial charge < -0.3 is 9.47 Å². The average molecular weight is 387 g/mol. The smallest absolute Gasteiger partial charge is 0.253 e. The minimum Gasteiger partial charge on any atom is -0.339 e. The predicted octanol–water partition coefficient (Wildman–Crippen LogP) is 2.62. The summed E-state index contributed by atoms with van der Waals surface area (Å²) in [6.07, 6.45) is 7.47. The number of carbonyl (C=O) groups excluding carboxylic acids is 1. The lowest BCUT2D eigenvalue weighted by molar-refractivity contribution is 0.0710. The summed E-state index contributed by atoms with van der Waals surface area (Å²) in [5.41, 5.74) is 3.14. The quantitative estimate of drug-likeness (QED) is 0.581. The summed E-state index contributed by atoms with van der Waals surface area (Å²) >= 11 is 0. The number of carbonyl (C=O) groups is 1. The van der Waals surface area contributed by atoms with Crippen molar-refractivity contribution in [3.8, 4) is 0 Å². The van der Waals surface area contributed by atoms with E-state index in [0.29, 0.717) is 23.5 Å². The summed E-state index contributed by atoms with van der Waals surface area (Å²) in [6.45, 7) is 2.15. The Morgan fingerprint density at radius 1 is 1.03 bits per heavy atom. The molecule has 1 aliphatic rings. The first-order valence-electron chi connectivity index (χ1n) is 9.79. The lowest BCUT2D eigenvalue weighted by atomic mass is 9.95. The van der Waals surface area contributed by atoms with Crippen molar-refractivity contribution < 1.29 is 4.79 Å². The fourth-order valence-corrected chi connectivity index (χ4v) is 3.98. The van der Waals surface area contributed by atoms with Crippen LogP contribution in [0.2, 0.25) is 0 Å². The topological polar surface area (TPSA) is 92.6 Å². The summed E-state index contributed by atoms with van der Waals surface area (Å²) in [7, 11) is 0. The number of imidazole rings is 1. The Kier molecular flexibility index (Phi) is 4.51. The first-order chi connectivity index (χ1) is 14.3. The number of nitrogens with one attached hydrogen (secondary N) is 1. The predicted molar refractivity (Wildman–Crippen MR) is 107 cm³/mol. The molecule has 146 valence electrons. The minimum absolute atomic E-state index is 0.0465. The number of pyridine rings is 1. The fourth-order valence-electron chi connectivity index (χ4n) is 3.98. The third-order valence-corrected chi connectivity index (χ3v) is 5.52. The van der Waals surface area contributed by atoms with Crippen molar-refractivity contribution >= 4 is 16.9 Å². The van der Waals surface area contributed by atoms with Gasteiger partial charge in [-0.2, -0.15) is 15.4 Å². The first kappa shape index (κ1) is 17.5. The number of amides is 1. The normalized spacial score (nSPS) is 15.1. The van der Waals surface area contributed by atoms with Crippen molar-refractivity contribution in [3.05, 3.63) is 72.1 Å². The summed E-state index contributed by atoms with van der Waals surface area (Å²) in [4.78, 5) is 23.8. The van der Waals surface area contributed by atoms with Gasteiger partial charge in [-0.25, -0.2) is 4.98 Å². The van der Waals surface area contributed by atoms with Crippen LogP contribution in [0, 0.1) is 0 Å². The molecule has 1 aliphatic heterocycles. The number of aromatic amines is 1. The van der Waals surface area contributed by atoms with Crippen LogP contribution in [0.4, 0.5) is 0 Å². The van der Waals surface area contributed by atoms with Gasteiger partial charge in [-0.05, 0) is 43.2 Å². The summed E-state index contributed by atoms with van der Waals surface area (Å²) < 4.78 is 2.17. The highest BCUT2D eigenvalue weighted by Crippen LogP contribution is 2.28. The molecule has 0 spiro atoms. The van der Waals surface area contributed by atoms with Crippen LogP contribution in [0.3, 0.4) is 0 Å². The van der Waals surface area contributed by atoms with E-state index >= 15 is 0 Å². The van der Waals surface area contributed by atoms with E-state index < -0.39 is 0 Å². The Morgan fingerprint density at radius 2 is 1.90 bits per heavy atom. The largest absolute Gasteiger partial charge is 0.339 e. The molecule has 0 bridgehead atoms. The van der Waals surface area contributed by atoms with Gasteiger partial charge >= 0.3 is 0 Å². The zero-order valence-corrected chi connectivity index (χ0v) is 15.9. The van der Waals surface area contributed by atoms with Gasteiger partial charge in [0, 0.05) is 43.2 Å². The molecule has 1 fully saturated rings. The Balaban J connectivity index is 1.26. The van der Waals surface area contributed by atoms with E-state index in [0.717, 1.165) is 43.0 Å². The minimum atomic E-state index is 0.0465. The molecule has 1 amide bonds. The Hall–Kier alpha value is -3.55. The van der Waals surface area contributed by atoms with E-state index in [4.69, 9.17) is 0 Å². The maximum absolute atomic E-state index is 12.9. The lowest BCUT2D eigenvalue weighted by Crippen LogP contribution is -2.38. The number of fused-ring (bicyclic) bond motifs is 1. The molecule has 4 heterocycles. The summed E-state index contributed by atoms with van der Waals surface area (Å²) in [6, 6.07) is 11.4. The molecule has 0 atom stereocenters. The molecule has 29 heavy (non-hydrogen) atoms. The zero-order valence-electron chi connectivity index (χ0n) is 15.9. The number of nitrogens with zero attached hydrogens (tertiary/aromatic N) is 6. The number of piperidine rings is 1. The van der Waals surface area contributed by atoms with Gasteiger partial charge in [-0.1, -0.05) is 6.07 Å². The van der Waals surface area contributed by atoms with Gasteiger partial charge in [0.2, 0.25) is 0 Å². The second kappa shape index (κ2) is 7.46. The number of aromatic nitrogens is 6. The summed E-state index contributed by atoms with van der Waals surface area (Å²) in [5.74, 6) is 1.47. The molecule has 0 unspecified atom stereocenters. The molecule has 1 aromatic carbocycles. The number of rotatable bonds is 4. The maximum Gasteiger partial charge on any atom is 0.253 e. The molecular formula is C21H21N7O. The number of benzene rings is 1. The molecule has 1 N–H and O–H groups in total. The molecule has 4 aromatic rings. The number of hydrogen-bond acceptors (Lipinski definition) is 5. The van der Waals surface area contributed by atoms with Crippen molar-refractivity contribution in [1.82, 2.24) is 34.8 Å². The fraction of sp³-hybridized carbons (Fsp3) is 0.286. The van der Waals surface area contributed by atoms with Crippen molar-refractivity contribution in [2.24, 2.45) is 0 Å². The molecule has 0 aliphatic carbocycles. The van der Waals surface area contributed by atoms with Crippen molar-refractivity contribution in [3.63, 3.8) is 0 Å². The lowest BCUT2D eigenvalue weighted by Gasteiger charge is -2.32. The van der Waals surface area contributed by atoms with Gasteiger partial charge in [-0.15, -0.1) is 0 Å². The van der Waals surface area contributed by atoms with Crippen LogP contribution in [0.5, 0.6) is 0 Å². The molecule has 0 radical (unpaired) electrons. The third kappa shape index (κ3) is 3.49. The average Bonchev–Trinajstić information content (AvgIpc) is 3.43. The highest BCUT2D eigenvalue weighted by atomic mass is 16.2. The van der Waals surface area contributed by atoms with Gasteiger partial charge in [-0.3, -0.25) is 9.78 Å². The first-order valence-corrected chi connectivity index (χ1v) is 9.79. The molecule has 5 rings (SSSR count). The van der Waals surface area contributed by atoms with Crippen molar-refractivity contribution in [2.75, 3.05) is 13.1 Å². The maximum atomic E-state index is 12.9. The Labute approximate surface area is 167 Å². The number of hydrogen-bond donors (Lipinski definition) is 1. The van der Waals surface area contributed by atoms with E-state index in [2.05, 4.69) is 29.9 Å². The van der Waals surface area contributed by atoms with Crippen molar-refractivity contribution in [1.29, 1.82) is 0 Å². The van der Waals surface area contributed by atoms with Gasteiger partial charge in [0.05, 0.1) is 12.2 Å². The standard InChI is InChI=1S/C21H21N7O/c29-21(16-4-5-18-19(13-16)25-26-24-18)27-10-6-15(7-11-27)20-23-9-12-28(20)14-17-3-1-2-8-22-17/h1-5,8-9,12-13,15H,6-7,10-11,14H2,(H,24,25,26). The zero-order chi connectivity index (χ0) is 19.6. The van der Waals surface area contributed by atoms with Gasteiger partial charge in [0.25, 0.3) is 5.91 Å². The highest BCUT2D eigenvalue weighted by Gasteiger charge is 2.27. The third-order valence-electron chi connectivity index (χ3n) is 5.52. The Morgan fingerprint density at radius 3 is 2.72 bits per heavy atom. The Bertz CT molecular complexity index is 1130. The molecular weight excluding hydrogens is 366 g/mol. The molecule has 8 heteroatoms. The van der Waals surface area contributed by atoms with Crippen LogP contribution < -0.4 is 0 Å². The highest BCUT2D eigenvalue weighted by molar-refractivity contribution is 5.97. The van der Waals surface area contributed by atoms with E-state index in [-0.39, 0.29) is 5.91 Å². The summed E-state index contributed by atoms with van der Waals surface area (Å²) in [5, 5.41) is 10.7. The van der Waals surface area contributed by atoms with Crippen LogP contribution in [0.25, 0.3) is 11.0 Å². The second-order valence-corrected chi connectivity index (χ2v) is 7.33.